The van der Waals surface area contributed by atoms with Crippen molar-refractivity contribution in [2.24, 2.45) is 4.99 Å². The van der Waals surface area contributed by atoms with Crippen LogP contribution in [0.1, 0.15) is 0 Å². The Morgan fingerprint density at radius 3 is 2.22 bits per heavy atom. The number of nitrogens with zero attached hydrogens (tertiary/aromatic N) is 1. The maximum Gasteiger partial charge on any atom is 1.00 e. The summed E-state index contributed by atoms with van der Waals surface area (Å²) in [7, 11) is -2.68. The second kappa shape index (κ2) is 5.37. The zero-order valence-electron chi connectivity index (χ0n) is 5.36. The molecule has 0 aromatic rings. The third-order valence-corrected chi connectivity index (χ3v) is 1.02. The molecule has 0 aliphatic rings. The second-order valence-electron chi connectivity index (χ2n) is 1.17. The summed E-state index contributed by atoms with van der Waals surface area (Å²) in [6.45, 7) is 0. The molecule has 9 heavy (non-hydrogen) atoms. The summed E-state index contributed by atoms with van der Waals surface area (Å²) in [6, 6.07) is 0. The Balaban J connectivity index is 0. The van der Waals surface area contributed by atoms with E-state index < -0.39 is 15.9 Å². The quantitative estimate of drug-likeness (QED) is 0.236. The molecule has 0 aromatic heterocycles. The normalized spacial score (nSPS) is 11.3. The van der Waals surface area contributed by atoms with Gasteiger partial charge in [-0.25, -0.2) is 8.42 Å². The van der Waals surface area contributed by atoms with E-state index in [9.17, 15) is 13.0 Å². The molecule has 0 fully saturated rings. The Labute approximate surface area is 76.4 Å². The van der Waals surface area contributed by atoms with Gasteiger partial charge in [-0.3, -0.25) is 4.99 Å². The minimum atomic E-state index is -4.09. The fraction of sp³-hybridized carbons (Fsp3) is 0.667. The summed E-state index contributed by atoms with van der Waals surface area (Å²) in [4.78, 5) is 3.32. The van der Waals surface area contributed by atoms with Crippen molar-refractivity contribution in [1.29, 1.82) is 0 Å². The average molecular weight is 159 g/mol. The summed E-state index contributed by atoms with van der Waals surface area (Å²) in [5.41, 5.74) is 0. The Morgan fingerprint density at radius 1 is 1.67 bits per heavy atom. The van der Waals surface area contributed by atoms with E-state index in [0.29, 0.717) is 0 Å². The van der Waals surface area contributed by atoms with Crippen molar-refractivity contribution in [1.82, 2.24) is 0 Å². The van der Waals surface area contributed by atoms with E-state index in [2.05, 4.69) is 4.99 Å². The molecule has 6 heteroatoms. The van der Waals surface area contributed by atoms with Crippen molar-refractivity contribution < 1.29 is 42.5 Å². The first-order chi connectivity index (χ1) is 3.56. The first-order valence-corrected chi connectivity index (χ1v) is 3.48. The van der Waals surface area contributed by atoms with E-state index in [0.717, 1.165) is 6.21 Å². The molecule has 0 unspecified atom stereocenters. The van der Waals surface area contributed by atoms with Crippen LogP contribution >= 0.6 is 0 Å². The van der Waals surface area contributed by atoms with Crippen LogP contribution in [0.5, 0.6) is 0 Å². The van der Waals surface area contributed by atoms with Crippen molar-refractivity contribution in [3.63, 3.8) is 0 Å². The van der Waals surface area contributed by atoms with Gasteiger partial charge in [0.2, 0.25) is 0 Å². The van der Waals surface area contributed by atoms with E-state index >= 15 is 0 Å². The van der Waals surface area contributed by atoms with Crippen LogP contribution in [0.25, 0.3) is 0 Å². The molecule has 0 atom stereocenters. The molecule has 0 saturated carbocycles. The largest absolute Gasteiger partial charge is 1.00 e. The molecule has 0 amide bonds. The monoisotopic (exact) mass is 159 g/mol. The number of aliphatic imine (C=N–C) groups is 1. The van der Waals surface area contributed by atoms with Crippen LogP contribution in [-0.2, 0) is 10.1 Å². The van der Waals surface area contributed by atoms with Gasteiger partial charge in [0.15, 0.2) is 0 Å². The molecule has 0 radical (unpaired) electrons. The Bertz CT molecular complexity index is 173. The van der Waals surface area contributed by atoms with Gasteiger partial charge in [0.05, 0.1) is 15.9 Å². The minimum absolute atomic E-state index is 0. The van der Waals surface area contributed by atoms with E-state index in [-0.39, 0.29) is 29.6 Å². The van der Waals surface area contributed by atoms with Crippen LogP contribution in [0.3, 0.4) is 0 Å². The third-order valence-electron chi connectivity index (χ3n) is 0.461. The van der Waals surface area contributed by atoms with Crippen molar-refractivity contribution in [2.45, 2.75) is 0 Å². The zero-order valence-corrected chi connectivity index (χ0v) is 8.18. The molecule has 4 nitrogen and oxygen atoms in total. The van der Waals surface area contributed by atoms with Crippen LogP contribution in [0, 0.1) is 0 Å². The van der Waals surface area contributed by atoms with Crippen LogP contribution < -0.4 is 29.6 Å². The van der Waals surface area contributed by atoms with Gasteiger partial charge in [0.25, 0.3) is 0 Å². The topological polar surface area (TPSA) is 69.6 Å². The van der Waals surface area contributed by atoms with Crippen molar-refractivity contribution >= 4 is 16.3 Å². The fourth-order valence-electron chi connectivity index (χ4n) is 0.166. The molecule has 48 valence electrons. The molecule has 0 aliphatic carbocycles. The summed E-state index contributed by atoms with van der Waals surface area (Å²) >= 11 is 0. The fourth-order valence-corrected chi connectivity index (χ4v) is 0.497. The van der Waals surface area contributed by atoms with E-state index in [1.165, 1.54) is 7.05 Å². The van der Waals surface area contributed by atoms with Crippen LogP contribution in [0.2, 0.25) is 0 Å². The number of hydrogen-bond donors (Lipinski definition) is 0. The van der Waals surface area contributed by atoms with Gasteiger partial charge >= 0.3 is 29.6 Å². The van der Waals surface area contributed by atoms with Crippen molar-refractivity contribution in [2.75, 3.05) is 12.8 Å². The molecular formula is C3H6NNaO3S. The molecule has 0 aromatic carbocycles. The van der Waals surface area contributed by atoms with Gasteiger partial charge in [-0.05, 0) is 0 Å². The standard InChI is InChI=1S/C3H7NO3S.Na/c1-4-2-3-8(5,6)7;/h2H,3H2,1H3,(H,5,6,7);/q;+1/p-1. The van der Waals surface area contributed by atoms with Crippen LogP contribution in [-0.4, -0.2) is 32.0 Å². The summed E-state index contributed by atoms with van der Waals surface area (Å²) in [5.74, 6) is -0.510. The van der Waals surface area contributed by atoms with Gasteiger partial charge in [-0.1, -0.05) is 0 Å². The molecule has 0 spiro atoms. The second-order valence-corrected chi connectivity index (χ2v) is 2.61. The van der Waals surface area contributed by atoms with Crippen molar-refractivity contribution in [3.05, 3.63) is 0 Å². The summed E-state index contributed by atoms with van der Waals surface area (Å²) < 4.78 is 29.2. The van der Waals surface area contributed by atoms with E-state index in [1.54, 1.807) is 0 Å². The predicted molar refractivity (Wildman–Crippen MR) is 29.0 cm³/mol. The first kappa shape index (κ1) is 12.3. The maximum absolute atomic E-state index is 9.74. The Kier molecular flexibility index (Phi) is 7.33. The van der Waals surface area contributed by atoms with Gasteiger partial charge in [0.1, 0.15) is 0 Å². The molecule has 0 bridgehead atoms. The van der Waals surface area contributed by atoms with Crippen molar-refractivity contribution in [3.8, 4) is 0 Å². The molecular weight excluding hydrogens is 153 g/mol. The van der Waals surface area contributed by atoms with Gasteiger partial charge < -0.3 is 4.55 Å². The Morgan fingerprint density at radius 2 is 2.11 bits per heavy atom. The van der Waals surface area contributed by atoms with Gasteiger partial charge in [-0.15, -0.1) is 0 Å². The Hall–Kier alpha value is 0.580. The number of rotatable bonds is 2. The summed E-state index contributed by atoms with van der Waals surface area (Å²) in [6.07, 6.45) is 1.06. The third kappa shape index (κ3) is 11.9. The molecule has 0 N–H and O–H groups in total. The van der Waals surface area contributed by atoms with E-state index in [4.69, 9.17) is 0 Å². The van der Waals surface area contributed by atoms with E-state index in [1.807, 2.05) is 0 Å². The van der Waals surface area contributed by atoms with Gasteiger partial charge in [-0.2, -0.15) is 0 Å². The molecule has 0 aliphatic heterocycles. The maximum atomic E-state index is 9.74. The SMILES string of the molecule is CN=CCS(=O)(=O)[O-].[Na+]. The van der Waals surface area contributed by atoms with Crippen LogP contribution in [0.15, 0.2) is 4.99 Å². The smallest absolute Gasteiger partial charge is 0.748 e. The van der Waals surface area contributed by atoms with Gasteiger partial charge in [0, 0.05) is 13.3 Å². The molecule has 0 heterocycles. The average Bonchev–Trinajstić information content (AvgIpc) is 1.59. The zero-order chi connectivity index (χ0) is 6.62. The van der Waals surface area contributed by atoms with Crippen LogP contribution in [0.4, 0.5) is 0 Å². The first-order valence-electron chi connectivity index (χ1n) is 1.90. The summed E-state index contributed by atoms with van der Waals surface area (Å²) in [5, 5.41) is 0. The number of hydrogen-bond acceptors (Lipinski definition) is 4. The predicted octanol–water partition coefficient (Wildman–Crippen LogP) is -3.76. The molecule has 0 saturated heterocycles. The molecule has 0 rings (SSSR count). The minimum Gasteiger partial charge on any atom is -0.748 e.